The summed E-state index contributed by atoms with van der Waals surface area (Å²) in [5.41, 5.74) is 5.59. The third-order valence-corrected chi connectivity index (χ3v) is 4.15. The summed E-state index contributed by atoms with van der Waals surface area (Å²) in [6, 6.07) is 1.68. The van der Waals surface area contributed by atoms with Crippen LogP contribution in [0.5, 0.6) is 0 Å². The molecule has 0 radical (unpaired) electrons. The highest BCUT2D eigenvalue weighted by molar-refractivity contribution is 6.00. The number of hydrogen-bond acceptors (Lipinski definition) is 4. The average Bonchev–Trinajstić information content (AvgIpc) is 2.88. The molecule has 1 aliphatic carbocycles. The number of nitrogens with one attached hydrogen (secondary N) is 1. The number of hydrogen-bond donors (Lipinski definition) is 3. The second kappa shape index (κ2) is 6.65. The van der Waals surface area contributed by atoms with Crippen molar-refractivity contribution in [3.63, 3.8) is 0 Å². The van der Waals surface area contributed by atoms with Gasteiger partial charge in [-0.2, -0.15) is 0 Å². The molecule has 4 N–H and O–H groups in total. The van der Waals surface area contributed by atoms with Crippen LogP contribution in [0.3, 0.4) is 0 Å². The number of nitrogens with two attached hydrogens (primary N) is 1. The van der Waals surface area contributed by atoms with Crippen LogP contribution in [0.25, 0.3) is 0 Å². The van der Waals surface area contributed by atoms with E-state index >= 15 is 0 Å². The molecule has 6 nitrogen and oxygen atoms in total. The molecule has 1 aromatic rings. The Labute approximate surface area is 124 Å². The van der Waals surface area contributed by atoms with Crippen molar-refractivity contribution in [3.05, 3.63) is 23.7 Å². The summed E-state index contributed by atoms with van der Waals surface area (Å²) in [5, 5.41) is 15.2. The van der Waals surface area contributed by atoms with Crippen LogP contribution in [-0.2, 0) is 0 Å². The predicted octanol–water partition coefficient (Wildman–Crippen LogP) is 2.55. The Kier molecular flexibility index (Phi) is 4.88. The molecule has 0 unspecified atom stereocenters. The fourth-order valence-electron chi connectivity index (χ4n) is 2.90. The van der Waals surface area contributed by atoms with Gasteiger partial charge in [0, 0.05) is 0 Å². The Bertz CT molecular complexity index is 514. The summed E-state index contributed by atoms with van der Waals surface area (Å²) in [6.45, 7) is 1.78. The molecule has 1 amide bonds. The van der Waals surface area contributed by atoms with E-state index in [4.69, 9.17) is 15.4 Å². The molecule has 1 saturated carbocycles. The zero-order valence-electron chi connectivity index (χ0n) is 12.4. The molecule has 0 aromatic carbocycles. The Hall–Kier alpha value is -1.98. The van der Waals surface area contributed by atoms with Crippen molar-refractivity contribution in [2.24, 2.45) is 10.9 Å². The lowest BCUT2D eigenvalue weighted by atomic mass is 9.82. The zero-order valence-corrected chi connectivity index (χ0v) is 12.4. The fraction of sp³-hybridized carbons (Fsp3) is 0.600. The molecular weight excluding hydrogens is 270 g/mol. The molecule has 21 heavy (non-hydrogen) atoms. The number of amides is 1. The van der Waals surface area contributed by atoms with Gasteiger partial charge in [0.25, 0.3) is 5.91 Å². The normalized spacial score (nSPS) is 19.6. The van der Waals surface area contributed by atoms with Crippen molar-refractivity contribution in [3.8, 4) is 0 Å². The first-order valence-corrected chi connectivity index (χ1v) is 7.43. The standard InChI is InChI=1S/C15H23N3O3/c1-11-9-12(10-21-11)13(19)17-15(14(16)18-20)7-5-3-2-4-6-8-15/h9-10,20H,2-8H2,1H3,(H2,16,18)(H,17,19). The van der Waals surface area contributed by atoms with Crippen LogP contribution in [0.4, 0.5) is 0 Å². The summed E-state index contributed by atoms with van der Waals surface area (Å²) in [5.74, 6) is 0.507. The molecule has 1 aromatic heterocycles. The van der Waals surface area contributed by atoms with Crippen molar-refractivity contribution in [1.29, 1.82) is 0 Å². The topological polar surface area (TPSA) is 101 Å². The van der Waals surface area contributed by atoms with Crippen LogP contribution in [0.1, 0.15) is 61.1 Å². The van der Waals surface area contributed by atoms with E-state index in [1.807, 2.05) is 0 Å². The van der Waals surface area contributed by atoms with Crippen molar-refractivity contribution >= 4 is 11.7 Å². The van der Waals surface area contributed by atoms with Crippen molar-refractivity contribution in [2.45, 2.75) is 57.4 Å². The van der Waals surface area contributed by atoms with Gasteiger partial charge in [-0.3, -0.25) is 4.79 Å². The van der Waals surface area contributed by atoms with E-state index in [0.29, 0.717) is 24.2 Å². The highest BCUT2D eigenvalue weighted by Gasteiger charge is 2.37. The number of nitrogens with zero attached hydrogens (tertiary/aromatic N) is 1. The smallest absolute Gasteiger partial charge is 0.255 e. The van der Waals surface area contributed by atoms with Crippen LogP contribution in [0, 0.1) is 6.92 Å². The molecule has 0 spiro atoms. The lowest BCUT2D eigenvalue weighted by Gasteiger charge is -2.35. The number of rotatable bonds is 3. The lowest BCUT2D eigenvalue weighted by Crippen LogP contribution is -2.57. The summed E-state index contributed by atoms with van der Waals surface area (Å²) in [7, 11) is 0. The van der Waals surface area contributed by atoms with Crippen molar-refractivity contribution in [1.82, 2.24) is 5.32 Å². The third-order valence-electron chi connectivity index (χ3n) is 4.15. The lowest BCUT2D eigenvalue weighted by molar-refractivity contribution is 0.0909. The summed E-state index contributed by atoms with van der Waals surface area (Å²) in [6.07, 6.45) is 8.08. The molecule has 1 heterocycles. The maximum atomic E-state index is 12.4. The van der Waals surface area contributed by atoms with Gasteiger partial charge < -0.3 is 20.7 Å². The first-order valence-electron chi connectivity index (χ1n) is 7.43. The molecule has 0 saturated heterocycles. The second-order valence-corrected chi connectivity index (χ2v) is 5.74. The highest BCUT2D eigenvalue weighted by Crippen LogP contribution is 2.27. The summed E-state index contributed by atoms with van der Waals surface area (Å²) >= 11 is 0. The van der Waals surface area contributed by atoms with E-state index in [-0.39, 0.29) is 11.7 Å². The number of oxime groups is 1. The van der Waals surface area contributed by atoms with E-state index in [0.717, 1.165) is 25.7 Å². The van der Waals surface area contributed by atoms with E-state index in [1.165, 1.54) is 12.7 Å². The van der Waals surface area contributed by atoms with Gasteiger partial charge in [0.05, 0.1) is 5.56 Å². The van der Waals surface area contributed by atoms with Crippen LogP contribution in [0.15, 0.2) is 21.9 Å². The number of carbonyl (C=O) groups excluding carboxylic acids is 1. The quantitative estimate of drug-likeness (QED) is 0.345. The van der Waals surface area contributed by atoms with Gasteiger partial charge in [0.2, 0.25) is 0 Å². The van der Waals surface area contributed by atoms with Gasteiger partial charge >= 0.3 is 0 Å². The molecule has 116 valence electrons. The van der Waals surface area contributed by atoms with Crippen LogP contribution in [0.2, 0.25) is 0 Å². The molecule has 6 heteroatoms. The third kappa shape index (κ3) is 3.56. The molecule has 0 aliphatic heterocycles. The van der Waals surface area contributed by atoms with Gasteiger partial charge in [-0.15, -0.1) is 0 Å². The number of furan rings is 1. The Balaban J connectivity index is 2.20. The Morgan fingerprint density at radius 2 is 1.95 bits per heavy atom. The van der Waals surface area contributed by atoms with E-state index < -0.39 is 5.54 Å². The van der Waals surface area contributed by atoms with Gasteiger partial charge in [-0.1, -0.05) is 37.3 Å². The number of aryl methyl sites for hydroxylation is 1. The van der Waals surface area contributed by atoms with Crippen LogP contribution in [-0.4, -0.2) is 22.5 Å². The maximum Gasteiger partial charge on any atom is 0.255 e. The predicted molar refractivity (Wildman–Crippen MR) is 79.4 cm³/mol. The number of carbonyl (C=O) groups is 1. The Morgan fingerprint density at radius 3 is 2.48 bits per heavy atom. The minimum absolute atomic E-state index is 0.0815. The first-order chi connectivity index (χ1) is 10.1. The van der Waals surface area contributed by atoms with Crippen molar-refractivity contribution < 1.29 is 14.4 Å². The molecule has 1 fully saturated rings. The monoisotopic (exact) mass is 293 g/mol. The van der Waals surface area contributed by atoms with Crippen molar-refractivity contribution in [2.75, 3.05) is 0 Å². The molecule has 2 rings (SSSR count). The fourth-order valence-corrected chi connectivity index (χ4v) is 2.90. The molecule has 0 bridgehead atoms. The summed E-state index contributed by atoms with van der Waals surface area (Å²) in [4.78, 5) is 12.4. The van der Waals surface area contributed by atoms with Gasteiger partial charge in [0.1, 0.15) is 17.6 Å². The van der Waals surface area contributed by atoms with Gasteiger partial charge in [-0.05, 0) is 25.8 Å². The zero-order chi connectivity index (χ0) is 15.3. The molecule has 1 aliphatic rings. The van der Waals surface area contributed by atoms with Crippen LogP contribution < -0.4 is 11.1 Å². The van der Waals surface area contributed by atoms with Crippen LogP contribution >= 0.6 is 0 Å². The largest absolute Gasteiger partial charge is 0.469 e. The van der Waals surface area contributed by atoms with Gasteiger partial charge in [-0.25, -0.2) is 0 Å². The van der Waals surface area contributed by atoms with Gasteiger partial charge in [0.15, 0.2) is 5.84 Å². The Morgan fingerprint density at radius 1 is 1.33 bits per heavy atom. The number of amidine groups is 1. The average molecular weight is 293 g/mol. The maximum absolute atomic E-state index is 12.4. The minimum Gasteiger partial charge on any atom is -0.469 e. The summed E-state index contributed by atoms with van der Waals surface area (Å²) < 4.78 is 5.17. The first kappa shape index (κ1) is 15.4. The molecule has 0 atom stereocenters. The second-order valence-electron chi connectivity index (χ2n) is 5.74. The van der Waals surface area contributed by atoms with E-state index in [2.05, 4.69) is 10.5 Å². The SMILES string of the molecule is Cc1cc(C(=O)NC2(C(N)=NO)CCCCCCC2)co1. The minimum atomic E-state index is -0.766. The highest BCUT2D eigenvalue weighted by atomic mass is 16.4. The molecular formula is C15H23N3O3. The van der Waals surface area contributed by atoms with E-state index in [1.54, 1.807) is 13.0 Å². The van der Waals surface area contributed by atoms with E-state index in [9.17, 15) is 4.79 Å².